The van der Waals surface area contributed by atoms with Crippen LogP contribution in [0.25, 0.3) is 0 Å². The van der Waals surface area contributed by atoms with Gasteiger partial charge in [0, 0.05) is 25.4 Å². The molecule has 0 amide bonds. The highest BCUT2D eigenvalue weighted by molar-refractivity contribution is 7.93. The lowest BCUT2D eigenvalue weighted by molar-refractivity contribution is 0.0984. The fourth-order valence-electron chi connectivity index (χ4n) is 2.83. The molecule has 1 aromatic carbocycles. The first kappa shape index (κ1) is 13.7. The van der Waals surface area contributed by atoms with Gasteiger partial charge in [-0.25, -0.2) is 8.42 Å². The van der Waals surface area contributed by atoms with Crippen LogP contribution in [0.1, 0.15) is 24.8 Å². The molecule has 0 spiro atoms. The maximum atomic E-state index is 12.5. The third-order valence-corrected chi connectivity index (χ3v) is 5.81. The molecule has 20 heavy (non-hydrogen) atoms. The molecule has 6 heteroatoms. The zero-order chi connectivity index (χ0) is 14.0. The Balaban J connectivity index is 1.83. The maximum absolute atomic E-state index is 12.5. The number of rotatable bonds is 3. The van der Waals surface area contributed by atoms with Crippen LogP contribution in [0.5, 0.6) is 0 Å². The van der Waals surface area contributed by atoms with Crippen LogP contribution in [0.3, 0.4) is 0 Å². The van der Waals surface area contributed by atoms with E-state index >= 15 is 0 Å². The number of sulfonamides is 1. The number of hydrogen-bond acceptors (Lipinski definition) is 4. The van der Waals surface area contributed by atoms with Gasteiger partial charge in [-0.3, -0.25) is 4.72 Å². The quantitative estimate of drug-likeness (QED) is 0.895. The Kier molecular flexibility index (Phi) is 3.85. The molecule has 1 saturated heterocycles. The molecule has 3 rings (SSSR count). The minimum atomic E-state index is -3.33. The molecule has 1 fully saturated rings. The van der Waals surface area contributed by atoms with Gasteiger partial charge in [0.25, 0.3) is 0 Å². The molecule has 0 aliphatic carbocycles. The summed E-state index contributed by atoms with van der Waals surface area (Å²) in [5.74, 6) is 0. The van der Waals surface area contributed by atoms with E-state index in [1.807, 2.05) is 18.2 Å². The second kappa shape index (κ2) is 5.61. The first-order valence-electron chi connectivity index (χ1n) is 7.12. The lowest BCUT2D eigenvalue weighted by atomic mass is 10.0. The van der Waals surface area contributed by atoms with Crippen molar-refractivity contribution in [2.45, 2.75) is 30.9 Å². The Labute approximate surface area is 119 Å². The van der Waals surface area contributed by atoms with Gasteiger partial charge in [-0.05, 0) is 43.4 Å². The van der Waals surface area contributed by atoms with Gasteiger partial charge in [0.05, 0.1) is 10.9 Å². The van der Waals surface area contributed by atoms with Gasteiger partial charge in [-0.15, -0.1) is 0 Å². The Morgan fingerprint density at radius 2 is 2.05 bits per heavy atom. The van der Waals surface area contributed by atoms with Crippen LogP contribution in [0, 0.1) is 0 Å². The highest BCUT2D eigenvalue weighted by Gasteiger charge is 2.28. The molecule has 0 aromatic heterocycles. The van der Waals surface area contributed by atoms with Crippen LogP contribution in [-0.4, -0.2) is 33.4 Å². The molecule has 0 unspecified atom stereocenters. The van der Waals surface area contributed by atoms with Crippen molar-refractivity contribution >= 4 is 21.4 Å². The summed E-state index contributed by atoms with van der Waals surface area (Å²) in [6.07, 6.45) is 3.09. The normalized spacial score (nSPS) is 20.0. The van der Waals surface area contributed by atoms with E-state index in [0.717, 1.165) is 36.3 Å². The molecule has 5 nitrogen and oxygen atoms in total. The van der Waals surface area contributed by atoms with Crippen molar-refractivity contribution in [3.8, 4) is 0 Å². The van der Waals surface area contributed by atoms with Crippen molar-refractivity contribution < 1.29 is 13.2 Å². The maximum Gasteiger partial charge on any atom is 0.235 e. The molecule has 2 aliphatic heterocycles. The highest BCUT2D eigenvalue weighted by atomic mass is 32.2. The van der Waals surface area contributed by atoms with E-state index in [4.69, 9.17) is 4.74 Å². The third-order valence-electron chi connectivity index (χ3n) is 3.95. The molecule has 110 valence electrons. The molecular weight excluding hydrogens is 276 g/mol. The molecule has 2 aliphatic rings. The molecule has 0 saturated carbocycles. The predicted octanol–water partition coefficient (Wildman–Crippen LogP) is 1.97. The molecule has 1 aromatic rings. The smallest absolute Gasteiger partial charge is 0.235 e. The van der Waals surface area contributed by atoms with E-state index in [9.17, 15) is 8.42 Å². The second-order valence-corrected chi connectivity index (χ2v) is 7.28. The average Bonchev–Trinajstić information content (AvgIpc) is 2.48. The van der Waals surface area contributed by atoms with Gasteiger partial charge < -0.3 is 10.1 Å². The highest BCUT2D eigenvalue weighted by Crippen LogP contribution is 2.30. The second-order valence-electron chi connectivity index (χ2n) is 5.32. The minimum absolute atomic E-state index is 0.344. The van der Waals surface area contributed by atoms with Gasteiger partial charge in [-0.2, -0.15) is 0 Å². The van der Waals surface area contributed by atoms with Crippen molar-refractivity contribution in [3.05, 3.63) is 23.8 Å². The first-order valence-corrected chi connectivity index (χ1v) is 8.66. The van der Waals surface area contributed by atoms with Gasteiger partial charge in [0.15, 0.2) is 0 Å². The molecule has 2 heterocycles. The van der Waals surface area contributed by atoms with Crippen LogP contribution < -0.4 is 10.0 Å². The van der Waals surface area contributed by atoms with Crippen LogP contribution in [0.15, 0.2) is 18.2 Å². The Morgan fingerprint density at radius 1 is 1.25 bits per heavy atom. The monoisotopic (exact) mass is 296 g/mol. The largest absolute Gasteiger partial charge is 0.385 e. The predicted molar refractivity (Wildman–Crippen MR) is 79.6 cm³/mol. The number of ether oxygens (including phenoxy) is 1. The van der Waals surface area contributed by atoms with E-state index in [0.29, 0.717) is 26.1 Å². The zero-order valence-corrected chi connectivity index (χ0v) is 12.2. The number of anilines is 2. The van der Waals surface area contributed by atoms with E-state index in [1.54, 1.807) is 0 Å². The van der Waals surface area contributed by atoms with Crippen molar-refractivity contribution in [2.24, 2.45) is 0 Å². The molecular formula is C14H20N2O3S. The van der Waals surface area contributed by atoms with Gasteiger partial charge in [-0.1, -0.05) is 6.07 Å². The summed E-state index contributed by atoms with van der Waals surface area (Å²) in [6.45, 7) is 2.00. The number of benzene rings is 1. The van der Waals surface area contributed by atoms with Gasteiger partial charge in [0.2, 0.25) is 10.0 Å². The minimum Gasteiger partial charge on any atom is -0.385 e. The number of nitrogens with one attached hydrogen (secondary N) is 2. The van der Waals surface area contributed by atoms with Crippen molar-refractivity contribution in [2.75, 3.05) is 29.8 Å². The summed E-state index contributed by atoms with van der Waals surface area (Å²) in [4.78, 5) is 0. The van der Waals surface area contributed by atoms with E-state index in [2.05, 4.69) is 10.0 Å². The fraction of sp³-hybridized carbons (Fsp3) is 0.571. The molecule has 0 atom stereocenters. The molecule has 0 bridgehead atoms. The van der Waals surface area contributed by atoms with Crippen LogP contribution in [-0.2, 0) is 21.2 Å². The zero-order valence-electron chi connectivity index (χ0n) is 11.4. The average molecular weight is 296 g/mol. The number of fused-ring (bicyclic) bond motifs is 1. The molecule has 0 radical (unpaired) electrons. The summed E-state index contributed by atoms with van der Waals surface area (Å²) in [5, 5.41) is 2.97. The molecule has 2 N–H and O–H groups in total. The van der Waals surface area contributed by atoms with Gasteiger partial charge in [0.1, 0.15) is 0 Å². The summed E-state index contributed by atoms with van der Waals surface area (Å²) >= 11 is 0. The summed E-state index contributed by atoms with van der Waals surface area (Å²) in [5.41, 5.74) is 2.85. The van der Waals surface area contributed by atoms with Crippen molar-refractivity contribution in [3.63, 3.8) is 0 Å². The van der Waals surface area contributed by atoms with Gasteiger partial charge >= 0.3 is 0 Å². The topological polar surface area (TPSA) is 67.4 Å². The summed E-state index contributed by atoms with van der Waals surface area (Å²) in [7, 11) is -3.33. The first-order chi connectivity index (χ1) is 9.67. The van der Waals surface area contributed by atoms with Crippen LogP contribution in [0.2, 0.25) is 0 Å². The Hall–Kier alpha value is -1.27. The standard InChI is InChI=1S/C14H20N2O3S/c17-20(18,11-6-9-19-10-7-11)16-14-5-1-4-13-12(14)3-2-8-15-13/h1,4-5,11,15-16H,2-3,6-10H2. The van der Waals surface area contributed by atoms with E-state index in [1.165, 1.54) is 0 Å². The van der Waals surface area contributed by atoms with E-state index in [-0.39, 0.29) is 5.25 Å². The number of hydrogen-bond donors (Lipinski definition) is 2. The lowest BCUT2D eigenvalue weighted by Crippen LogP contribution is -2.33. The Morgan fingerprint density at radius 3 is 2.85 bits per heavy atom. The van der Waals surface area contributed by atoms with Crippen molar-refractivity contribution in [1.29, 1.82) is 0 Å². The van der Waals surface area contributed by atoms with E-state index < -0.39 is 10.0 Å². The summed E-state index contributed by atoms with van der Waals surface area (Å²) < 4.78 is 32.9. The van der Waals surface area contributed by atoms with Crippen LogP contribution in [0.4, 0.5) is 11.4 Å². The van der Waals surface area contributed by atoms with Crippen LogP contribution >= 0.6 is 0 Å². The lowest BCUT2D eigenvalue weighted by Gasteiger charge is -2.25. The SMILES string of the molecule is O=S(=O)(Nc1cccc2c1CCCN2)C1CCOCC1. The third kappa shape index (κ3) is 2.76. The van der Waals surface area contributed by atoms with Crippen molar-refractivity contribution in [1.82, 2.24) is 0 Å². The fourth-order valence-corrected chi connectivity index (χ4v) is 4.31. The summed E-state index contributed by atoms with van der Waals surface area (Å²) in [6, 6.07) is 5.74. The Bertz CT molecular complexity index is 580.